The van der Waals surface area contributed by atoms with Gasteiger partial charge in [-0.3, -0.25) is 4.79 Å². The first-order valence-corrected chi connectivity index (χ1v) is 12.5. The zero-order chi connectivity index (χ0) is 24.7. The molecule has 1 atom stereocenters. The Morgan fingerprint density at radius 2 is 1.86 bits per heavy atom. The Morgan fingerprint density at radius 3 is 2.69 bits per heavy atom. The lowest BCUT2D eigenvalue weighted by Gasteiger charge is -2.31. The van der Waals surface area contributed by atoms with E-state index in [0.717, 1.165) is 53.5 Å². The number of hydrogen-bond donors (Lipinski definition) is 3. The van der Waals surface area contributed by atoms with E-state index in [2.05, 4.69) is 38.0 Å². The third-order valence-electron chi connectivity index (χ3n) is 6.37. The molecule has 188 valence electrons. The van der Waals surface area contributed by atoms with Crippen molar-refractivity contribution in [3.8, 4) is 17.0 Å². The molecule has 2 aromatic carbocycles. The van der Waals surface area contributed by atoms with Gasteiger partial charge >= 0.3 is 0 Å². The summed E-state index contributed by atoms with van der Waals surface area (Å²) >= 11 is 0. The van der Waals surface area contributed by atoms with E-state index in [1.165, 1.54) is 0 Å². The number of nitrogens with zero attached hydrogens (tertiary/aromatic N) is 3. The molecule has 6 bridgehead atoms. The van der Waals surface area contributed by atoms with Gasteiger partial charge in [0.15, 0.2) is 0 Å². The van der Waals surface area contributed by atoms with Gasteiger partial charge in [-0.1, -0.05) is 0 Å². The van der Waals surface area contributed by atoms with Gasteiger partial charge in [-0.05, 0) is 67.4 Å². The molecule has 1 aromatic heterocycles. The molecule has 0 spiro atoms. The highest BCUT2D eigenvalue weighted by atomic mass is 16.5. The van der Waals surface area contributed by atoms with Crippen molar-refractivity contribution in [3.05, 3.63) is 60.3 Å². The lowest BCUT2D eigenvalue weighted by atomic mass is 10.1. The summed E-state index contributed by atoms with van der Waals surface area (Å²) < 4.78 is 11.4. The molecule has 1 amide bonds. The van der Waals surface area contributed by atoms with Crippen LogP contribution in [0.1, 0.15) is 18.9 Å². The minimum absolute atomic E-state index is 0.0267. The molecule has 0 unspecified atom stereocenters. The molecule has 3 aromatic rings. The number of benzene rings is 2. The van der Waals surface area contributed by atoms with E-state index in [-0.39, 0.29) is 11.9 Å². The molecule has 0 radical (unpaired) electrons. The Bertz CT molecular complexity index is 1180. The monoisotopic (exact) mass is 488 g/mol. The first-order valence-electron chi connectivity index (χ1n) is 12.5. The first-order chi connectivity index (χ1) is 17.7. The van der Waals surface area contributed by atoms with Crippen LogP contribution in [-0.4, -0.2) is 61.4 Å². The molecular formula is C27H32N6O3. The zero-order valence-electron chi connectivity index (χ0n) is 20.5. The van der Waals surface area contributed by atoms with Gasteiger partial charge in [0.1, 0.15) is 5.75 Å². The predicted octanol–water partition coefficient (Wildman–Crippen LogP) is 3.10. The highest BCUT2D eigenvalue weighted by Crippen LogP contribution is 2.28. The van der Waals surface area contributed by atoms with E-state index in [1.54, 1.807) is 6.20 Å². The second kappa shape index (κ2) is 11.4. The number of nitrogens with one attached hydrogen (secondary N) is 3. The van der Waals surface area contributed by atoms with Crippen LogP contribution in [0.3, 0.4) is 0 Å². The molecule has 9 nitrogen and oxygen atoms in total. The van der Waals surface area contributed by atoms with E-state index < -0.39 is 0 Å². The summed E-state index contributed by atoms with van der Waals surface area (Å²) in [5.41, 5.74) is 4.93. The summed E-state index contributed by atoms with van der Waals surface area (Å²) in [6.45, 7) is 6.60. The molecule has 36 heavy (non-hydrogen) atoms. The lowest BCUT2D eigenvalue weighted by Crippen LogP contribution is -2.42. The van der Waals surface area contributed by atoms with Gasteiger partial charge in [0.2, 0.25) is 11.9 Å². The van der Waals surface area contributed by atoms with Crippen molar-refractivity contribution in [1.29, 1.82) is 0 Å². The molecule has 1 saturated heterocycles. The number of anilines is 3. The summed E-state index contributed by atoms with van der Waals surface area (Å²) in [5, 5.41) is 9.73. The lowest BCUT2D eigenvalue weighted by molar-refractivity contribution is -0.122. The number of rotatable bonds is 1. The maximum Gasteiger partial charge on any atom is 0.236 e. The second-order valence-electron chi connectivity index (χ2n) is 8.95. The van der Waals surface area contributed by atoms with Crippen molar-refractivity contribution in [2.24, 2.45) is 0 Å². The Hall–Kier alpha value is -3.69. The average Bonchev–Trinajstić information content (AvgIpc) is 2.92. The molecule has 4 heterocycles. The van der Waals surface area contributed by atoms with Crippen LogP contribution in [0.5, 0.6) is 5.75 Å². The Labute approximate surface area is 211 Å². The topological polar surface area (TPSA) is 101 Å². The van der Waals surface area contributed by atoms with Crippen molar-refractivity contribution in [3.63, 3.8) is 0 Å². The van der Waals surface area contributed by atoms with Gasteiger partial charge in [-0.25, -0.2) is 9.97 Å². The number of carbonyl (C=O) groups excluding carboxylic acids is 1. The molecule has 0 aliphatic carbocycles. The van der Waals surface area contributed by atoms with Gasteiger partial charge in [0.05, 0.1) is 31.6 Å². The Morgan fingerprint density at radius 1 is 1.03 bits per heavy atom. The quantitative estimate of drug-likeness (QED) is 0.481. The molecule has 1 fully saturated rings. The van der Waals surface area contributed by atoms with Crippen LogP contribution in [0, 0.1) is 0 Å². The maximum absolute atomic E-state index is 12.6. The van der Waals surface area contributed by atoms with E-state index >= 15 is 0 Å². The summed E-state index contributed by atoms with van der Waals surface area (Å²) in [6.07, 6.45) is 2.48. The smallest absolute Gasteiger partial charge is 0.236 e. The van der Waals surface area contributed by atoms with Gasteiger partial charge < -0.3 is 30.3 Å². The largest absolute Gasteiger partial charge is 0.494 e. The number of hydrogen-bond acceptors (Lipinski definition) is 8. The van der Waals surface area contributed by atoms with Crippen molar-refractivity contribution in [2.45, 2.75) is 25.9 Å². The fourth-order valence-corrected chi connectivity index (χ4v) is 4.33. The highest BCUT2D eigenvalue weighted by Gasteiger charge is 2.18. The van der Waals surface area contributed by atoms with Gasteiger partial charge in [-0.15, -0.1) is 0 Å². The standard InChI is InChI=1S/C27H32N6O3/c1-19-26(34)28-10-2-14-36-23-6-3-20(4-7-23)24-9-11-29-27(32-24)31-22-5-8-25(21(17-22)18-30-19)33-12-15-35-16-13-33/h3-9,11,17,19,30H,2,10,12-16,18H2,1H3,(H,28,34)(H,29,31,32)/t19-/m1/s1. The molecule has 0 saturated carbocycles. The number of carbonyl (C=O) groups is 1. The molecule has 3 N–H and O–H groups in total. The van der Waals surface area contributed by atoms with Crippen molar-refractivity contribution in [2.75, 3.05) is 49.7 Å². The molecule has 6 rings (SSSR count). The van der Waals surface area contributed by atoms with Gasteiger partial charge in [0.25, 0.3) is 0 Å². The predicted molar refractivity (Wildman–Crippen MR) is 140 cm³/mol. The molecule has 9 heteroatoms. The number of amides is 1. The first kappa shape index (κ1) is 24.0. The summed E-state index contributed by atoms with van der Waals surface area (Å²) in [5.74, 6) is 1.28. The minimum atomic E-state index is -0.335. The van der Waals surface area contributed by atoms with Crippen LogP contribution in [0.25, 0.3) is 11.3 Å². The van der Waals surface area contributed by atoms with Crippen molar-refractivity contribution < 1.29 is 14.3 Å². The second-order valence-corrected chi connectivity index (χ2v) is 8.95. The van der Waals surface area contributed by atoms with Crippen molar-refractivity contribution >= 4 is 23.2 Å². The highest BCUT2D eigenvalue weighted by molar-refractivity contribution is 5.81. The van der Waals surface area contributed by atoms with Gasteiger partial charge in [0, 0.05) is 49.3 Å². The maximum atomic E-state index is 12.6. The Kier molecular flexibility index (Phi) is 7.58. The molecule has 3 aliphatic rings. The van der Waals surface area contributed by atoms with E-state index in [4.69, 9.17) is 14.5 Å². The van der Waals surface area contributed by atoms with Crippen LogP contribution >= 0.6 is 0 Å². The fourth-order valence-electron chi connectivity index (χ4n) is 4.33. The van der Waals surface area contributed by atoms with E-state index in [9.17, 15) is 4.79 Å². The molecule has 3 aliphatic heterocycles. The minimum Gasteiger partial charge on any atom is -0.494 e. The normalized spacial score (nSPS) is 19.1. The summed E-state index contributed by atoms with van der Waals surface area (Å²) in [6, 6.07) is 15.7. The van der Waals surface area contributed by atoms with Crippen molar-refractivity contribution in [1.82, 2.24) is 20.6 Å². The van der Waals surface area contributed by atoms with Crippen LogP contribution < -0.4 is 25.6 Å². The van der Waals surface area contributed by atoms with E-state index in [1.807, 2.05) is 43.3 Å². The van der Waals surface area contributed by atoms with E-state index in [0.29, 0.717) is 38.9 Å². The number of morpholine rings is 1. The molecular weight excluding hydrogens is 456 g/mol. The zero-order valence-corrected chi connectivity index (χ0v) is 20.5. The van der Waals surface area contributed by atoms with Crippen LogP contribution in [0.15, 0.2) is 54.7 Å². The third kappa shape index (κ3) is 5.92. The van der Waals surface area contributed by atoms with Gasteiger partial charge in [-0.2, -0.15) is 0 Å². The average molecular weight is 489 g/mol. The third-order valence-corrected chi connectivity index (χ3v) is 6.37. The SMILES string of the molecule is C[C@H]1NCc2cc(ccc2N2CCOCC2)Nc2nccc(n2)-c2ccc(cc2)OCCCNC1=O. The Balaban J connectivity index is 1.45. The summed E-state index contributed by atoms with van der Waals surface area (Å²) in [4.78, 5) is 24.1. The van der Waals surface area contributed by atoms with Crippen LogP contribution in [0.2, 0.25) is 0 Å². The fraction of sp³-hybridized carbons (Fsp3) is 0.370. The summed E-state index contributed by atoms with van der Waals surface area (Å²) in [7, 11) is 0. The number of aromatic nitrogens is 2. The van der Waals surface area contributed by atoms with Crippen LogP contribution in [0.4, 0.5) is 17.3 Å². The van der Waals surface area contributed by atoms with Crippen LogP contribution in [-0.2, 0) is 16.1 Å². The number of ether oxygens (including phenoxy) is 2. The number of fused-ring (bicyclic) bond motifs is 10.